The standard InChI is InChI=1S/C19H21N5O4S/c1-27-12-5-6-13(14(9-12)28-2)21-15(25)10-24-11-20-17-16(18(24)26)29-19(22-17)23-7-3-4-8-23/h5-6,9,11H,3-4,7-8,10H2,1-2H3,(H,21,25). The molecule has 1 aliphatic rings. The number of ether oxygens (including phenoxy) is 2. The van der Waals surface area contributed by atoms with E-state index in [0.29, 0.717) is 27.5 Å². The quantitative estimate of drug-likeness (QED) is 0.658. The predicted molar refractivity (Wildman–Crippen MR) is 111 cm³/mol. The molecule has 9 nitrogen and oxygen atoms in total. The van der Waals surface area contributed by atoms with Crippen molar-refractivity contribution in [3.8, 4) is 11.5 Å². The third kappa shape index (κ3) is 3.88. The third-order valence-corrected chi connectivity index (χ3v) is 5.84. The normalized spacial score (nSPS) is 13.7. The summed E-state index contributed by atoms with van der Waals surface area (Å²) in [5.74, 6) is 0.724. The fraction of sp³-hybridized carbons (Fsp3) is 0.368. The fourth-order valence-electron chi connectivity index (χ4n) is 3.24. The van der Waals surface area contributed by atoms with Crippen LogP contribution in [-0.2, 0) is 11.3 Å². The number of nitrogens with zero attached hydrogens (tertiary/aromatic N) is 4. The van der Waals surface area contributed by atoms with Gasteiger partial charge >= 0.3 is 0 Å². The van der Waals surface area contributed by atoms with E-state index in [1.54, 1.807) is 25.3 Å². The average molecular weight is 415 g/mol. The molecular weight excluding hydrogens is 394 g/mol. The molecule has 1 aliphatic heterocycles. The molecule has 0 unspecified atom stereocenters. The van der Waals surface area contributed by atoms with E-state index in [9.17, 15) is 9.59 Å². The largest absolute Gasteiger partial charge is 0.497 e. The maximum absolute atomic E-state index is 12.8. The van der Waals surface area contributed by atoms with E-state index >= 15 is 0 Å². The molecule has 0 bridgehead atoms. The van der Waals surface area contributed by atoms with E-state index in [4.69, 9.17) is 9.47 Å². The number of rotatable bonds is 6. The molecule has 3 aromatic rings. The fourth-order valence-corrected chi connectivity index (χ4v) is 4.26. The van der Waals surface area contributed by atoms with Crippen molar-refractivity contribution < 1.29 is 14.3 Å². The summed E-state index contributed by atoms with van der Waals surface area (Å²) in [6.07, 6.45) is 3.62. The number of anilines is 2. The monoisotopic (exact) mass is 415 g/mol. The van der Waals surface area contributed by atoms with Gasteiger partial charge < -0.3 is 19.7 Å². The Kier molecular flexibility index (Phi) is 5.34. The molecule has 0 spiro atoms. The Bertz CT molecular complexity index is 1100. The Morgan fingerprint density at radius 2 is 2.03 bits per heavy atom. The summed E-state index contributed by atoms with van der Waals surface area (Å²) in [7, 11) is 3.06. The van der Waals surface area contributed by atoms with Gasteiger partial charge in [-0.15, -0.1) is 0 Å². The zero-order valence-corrected chi connectivity index (χ0v) is 17.0. The van der Waals surface area contributed by atoms with Gasteiger partial charge in [-0.2, -0.15) is 4.98 Å². The summed E-state index contributed by atoms with van der Waals surface area (Å²) in [6, 6.07) is 5.08. The van der Waals surface area contributed by atoms with E-state index < -0.39 is 0 Å². The number of carbonyl (C=O) groups excluding carboxylic acids is 1. The first-order chi connectivity index (χ1) is 14.1. The van der Waals surface area contributed by atoms with Gasteiger partial charge in [0.25, 0.3) is 5.56 Å². The van der Waals surface area contributed by atoms with Crippen LogP contribution in [0.25, 0.3) is 10.3 Å². The zero-order valence-electron chi connectivity index (χ0n) is 16.2. The summed E-state index contributed by atoms with van der Waals surface area (Å²) < 4.78 is 12.2. The molecule has 0 radical (unpaired) electrons. The number of amides is 1. The molecule has 0 atom stereocenters. The second kappa shape index (κ2) is 8.08. The van der Waals surface area contributed by atoms with Gasteiger partial charge in [0, 0.05) is 19.2 Å². The molecule has 0 aliphatic carbocycles. The highest BCUT2D eigenvalue weighted by Gasteiger charge is 2.19. The molecule has 4 rings (SSSR count). The first kappa shape index (κ1) is 19.2. The smallest absolute Gasteiger partial charge is 0.273 e. The van der Waals surface area contributed by atoms with Crippen molar-refractivity contribution in [2.45, 2.75) is 19.4 Å². The lowest BCUT2D eigenvalue weighted by Crippen LogP contribution is -2.27. The van der Waals surface area contributed by atoms with E-state index in [1.165, 1.54) is 29.3 Å². The third-order valence-electron chi connectivity index (χ3n) is 4.75. The molecule has 1 amide bonds. The van der Waals surface area contributed by atoms with Gasteiger partial charge in [0.15, 0.2) is 10.8 Å². The Balaban J connectivity index is 1.53. The van der Waals surface area contributed by atoms with Crippen LogP contribution in [0.4, 0.5) is 10.8 Å². The van der Waals surface area contributed by atoms with Gasteiger partial charge in [-0.3, -0.25) is 14.2 Å². The summed E-state index contributed by atoms with van der Waals surface area (Å²) in [4.78, 5) is 36.2. The van der Waals surface area contributed by atoms with Gasteiger partial charge in [-0.1, -0.05) is 11.3 Å². The number of benzene rings is 1. The maximum Gasteiger partial charge on any atom is 0.273 e. The van der Waals surface area contributed by atoms with E-state index in [0.717, 1.165) is 31.1 Å². The summed E-state index contributed by atoms with van der Waals surface area (Å²) in [5.41, 5.74) is 0.652. The van der Waals surface area contributed by atoms with Gasteiger partial charge in [0.2, 0.25) is 5.91 Å². The van der Waals surface area contributed by atoms with Crippen molar-refractivity contribution >= 4 is 38.4 Å². The van der Waals surface area contributed by atoms with Gasteiger partial charge in [0.1, 0.15) is 29.1 Å². The zero-order chi connectivity index (χ0) is 20.4. The maximum atomic E-state index is 12.8. The number of methoxy groups -OCH3 is 2. The van der Waals surface area contributed by atoms with Crippen LogP contribution in [0.3, 0.4) is 0 Å². The number of thiazole rings is 1. The number of hydrogen-bond donors (Lipinski definition) is 1. The highest BCUT2D eigenvalue weighted by atomic mass is 32.1. The molecule has 1 saturated heterocycles. The number of fused-ring (bicyclic) bond motifs is 1. The van der Waals surface area contributed by atoms with Crippen LogP contribution in [0.1, 0.15) is 12.8 Å². The van der Waals surface area contributed by atoms with Crippen molar-refractivity contribution in [1.29, 1.82) is 0 Å². The molecule has 29 heavy (non-hydrogen) atoms. The molecule has 3 heterocycles. The van der Waals surface area contributed by atoms with Crippen LogP contribution in [0.2, 0.25) is 0 Å². The van der Waals surface area contributed by atoms with Crippen LogP contribution in [0.15, 0.2) is 29.3 Å². The Morgan fingerprint density at radius 3 is 2.76 bits per heavy atom. The molecule has 10 heteroatoms. The predicted octanol–water partition coefficient (Wildman–Crippen LogP) is 2.11. The minimum absolute atomic E-state index is 0.159. The van der Waals surface area contributed by atoms with Crippen molar-refractivity contribution in [2.75, 3.05) is 37.5 Å². The second-order valence-corrected chi connectivity index (χ2v) is 7.61. The van der Waals surface area contributed by atoms with Crippen molar-refractivity contribution in [3.63, 3.8) is 0 Å². The minimum atomic E-state index is -0.360. The SMILES string of the molecule is COc1ccc(NC(=O)Cn2cnc3nc(N4CCCC4)sc3c2=O)c(OC)c1. The van der Waals surface area contributed by atoms with Crippen molar-refractivity contribution in [1.82, 2.24) is 14.5 Å². The lowest BCUT2D eigenvalue weighted by molar-refractivity contribution is -0.116. The Morgan fingerprint density at radius 1 is 1.24 bits per heavy atom. The summed E-state index contributed by atoms with van der Waals surface area (Å²) >= 11 is 1.33. The lowest BCUT2D eigenvalue weighted by Gasteiger charge is -2.12. The van der Waals surface area contributed by atoms with Crippen LogP contribution < -0.4 is 25.2 Å². The van der Waals surface area contributed by atoms with Crippen LogP contribution in [0, 0.1) is 0 Å². The highest BCUT2D eigenvalue weighted by molar-refractivity contribution is 7.22. The topological polar surface area (TPSA) is 98.6 Å². The molecule has 1 aromatic carbocycles. The van der Waals surface area contributed by atoms with Gasteiger partial charge in [0.05, 0.1) is 19.9 Å². The lowest BCUT2D eigenvalue weighted by atomic mass is 10.2. The first-order valence-corrected chi connectivity index (χ1v) is 10.0. The molecule has 1 N–H and O–H groups in total. The van der Waals surface area contributed by atoms with Crippen LogP contribution >= 0.6 is 11.3 Å². The van der Waals surface area contributed by atoms with Crippen molar-refractivity contribution in [2.24, 2.45) is 0 Å². The Labute approximate surface area is 170 Å². The Hall–Kier alpha value is -3.14. The van der Waals surface area contributed by atoms with E-state index in [1.807, 2.05) is 0 Å². The van der Waals surface area contributed by atoms with Crippen LogP contribution in [-0.4, -0.2) is 47.8 Å². The summed E-state index contributed by atoms with van der Waals surface area (Å²) in [6.45, 7) is 1.73. The number of hydrogen-bond acceptors (Lipinski definition) is 8. The molecule has 1 fully saturated rings. The molecule has 2 aromatic heterocycles. The number of nitrogens with one attached hydrogen (secondary N) is 1. The van der Waals surface area contributed by atoms with Crippen molar-refractivity contribution in [3.05, 3.63) is 34.9 Å². The minimum Gasteiger partial charge on any atom is -0.497 e. The van der Waals surface area contributed by atoms with E-state index in [-0.39, 0.29) is 18.0 Å². The highest BCUT2D eigenvalue weighted by Crippen LogP contribution is 2.29. The van der Waals surface area contributed by atoms with Gasteiger partial charge in [-0.05, 0) is 25.0 Å². The molecular formula is C19H21N5O4S. The van der Waals surface area contributed by atoms with Crippen LogP contribution in [0.5, 0.6) is 11.5 Å². The molecule has 152 valence electrons. The molecule has 0 saturated carbocycles. The van der Waals surface area contributed by atoms with E-state index in [2.05, 4.69) is 20.2 Å². The second-order valence-electron chi connectivity index (χ2n) is 6.64. The summed E-state index contributed by atoms with van der Waals surface area (Å²) in [5, 5.41) is 3.57. The first-order valence-electron chi connectivity index (χ1n) is 9.22. The number of carbonyl (C=O) groups is 1. The number of aromatic nitrogens is 3. The average Bonchev–Trinajstić information content (AvgIpc) is 3.40. The van der Waals surface area contributed by atoms with Gasteiger partial charge in [-0.25, -0.2) is 4.98 Å².